The molecule has 1 fully saturated rings. The van der Waals surface area contributed by atoms with Crippen molar-refractivity contribution in [2.75, 3.05) is 21.3 Å². The van der Waals surface area contributed by atoms with Gasteiger partial charge in [-0.1, -0.05) is 12.1 Å². The van der Waals surface area contributed by atoms with Crippen molar-refractivity contribution in [2.45, 2.75) is 37.9 Å². The summed E-state index contributed by atoms with van der Waals surface area (Å²) in [6.45, 7) is 0. The highest BCUT2D eigenvalue weighted by Crippen LogP contribution is 2.49. The number of ketones is 1. The van der Waals surface area contributed by atoms with Gasteiger partial charge in [0, 0.05) is 32.6 Å². The average molecular weight is 411 g/mol. The van der Waals surface area contributed by atoms with E-state index >= 15 is 0 Å². The third-order valence-electron chi connectivity index (χ3n) is 4.88. The number of hydrogen-bond donors (Lipinski definition) is 1. The predicted octanol–water partition coefficient (Wildman–Crippen LogP) is 2.70. The topological polar surface area (TPSA) is 108 Å². The van der Waals surface area contributed by atoms with Crippen molar-refractivity contribution >= 4 is 25.3 Å². The molecule has 1 aromatic rings. The van der Waals surface area contributed by atoms with Gasteiger partial charge in [-0.05, 0) is 36.5 Å². The molecule has 1 N–H and O–H groups in total. The van der Waals surface area contributed by atoms with Gasteiger partial charge in [0.25, 0.3) is 5.91 Å². The summed E-state index contributed by atoms with van der Waals surface area (Å²) >= 11 is 0. The molecule has 0 saturated heterocycles. The van der Waals surface area contributed by atoms with Crippen LogP contribution in [0.3, 0.4) is 0 Å². The molecule has 0 aliphatic heterocycles. The Morgan fingerprint density at radius 2 is 1.82 bits per heavy atom. The molecule has 28 heavy (non-hydrogen) atoms. The second-order valence-electron chi connectivity index (χ2n) is 6.70. The van der Waals surface area contributed by atoms with Crippen LogP contribution in [0.1, 0.15) is 41.6 Å². The van der Waals surface area contributed by atoms with Crippen LogP contribution in [0, 0.1) is 5.92 Å². The minimum Gasteiger partial charge on any atom is -0.467 e. The molecule has 1 aromatic carbocycles. The van der Waals surface area contributed by atoms with E-state index in [0.29, 0.717) is 30.4 Å². The number of carbonyl (C=O) groups is 3. The summed E-state index contributed by atoms with van der Waals surface area (Å²) in [6, 6.07) is 5.57. The Hall–Kier alpha value is -2.02. The number of nitrogens with one attached hydrogen (secondary N) is 1. The summed E-state index contributed by atoms with van der Waals surface area (Å²) in [5.41, 5.74) is 1.02. The Kier molecular flexibility index (Phi) is 7.92. The zero-order valence-corrected chi connectivity index (χ0v) is 17.2. The van der Waals surface area contributed by atoms with Crippen molar-refractivity contribution in [2.24, 2.45) is 5.92 Å². The fourth-order valence-corrected chi connectivity index (χ4v) is 4.32. The largest absolute Gasteiger partial charge is 0.467 e. The zero-order valence-electron chi connectivity index (χ0n) is 16.3. The van der Waals surface area contributed by atoms with Crippen LogP contribution < -0.4 is 5.32 Å². The number of esters is 1. The van der Waals surface area contributed by atoms with Crippen LogP contribution in [0.25, 0.3) is 0 Å². The molecule has 2 rings (SSSR count). The van der Waals surface area contributed by atoms with Gasteiger partial charge in [-0.3, -0.25) is 14.2 Å². The van der Waals surface area contributed by atoms with Crippen LogP contribution in [0.2, 0.25) is 0 Å². The molecule has 154 valence electrons. The normalized spacial score (nSPS) is 18.4. The minimum atomic E-state index is -3.20. The molecule has 2 atom stereocenters. The molecular weight excluding hydrogens is 385 g/mol. The molecule has 0 heterocycles. The third kappa shape index (κ3) is 5.74. The van der Waals surface area contributed by atoms with E-state index in [-0.39, 0.29) is 24.3 Å². The lowest BCUT2D eigenvalue weighted by Gasteiger charge is -2.28. The average Bonchev–Trinajstić information content (AvgIpc) is 2.71. The summed E-state index contributed by atoms with van der Waals surface area (Å²) in [6.07, 6.45) is 2.21. The van der Waals surface area contributed by atoms with E-state index in [1.54, 1.807) is 24.3 Å². The fourth-order valence-electron chi connectivity index (χ4n) is 3.25. The number of rotatable bonds is 8. The highest BCUT2D eigenvalue weighted by molar-refractivity contribution is 7.52. The van der Waals surface area contributed by atoms with Crippen molar-refractivity contribution < 1.29 is 32.7 Å². The van der Waals surface area contributed by atoms with Crippen molar-refractivity contribution in [1.82, 2.24) is 5.32 Å². The number of hydrogen-bond acceptors (Lipinski definition) is 7. The SMILES string of the molecule is COC(=O)[C@@H](NC(=O)c1ccc(CP(=O)(OC)OC)cc1)[C@H]1CCCC(=O)C1. The summed E-state index contributed by atoms with van der Waals surface area (Å²) in [5, 5.41) is 2.69. The van der Waals surface area contributed by atoms with E-state index in [9.17, 15) is 18.9 Å². The van der Waals surface area contributed by atoms with Crippen LogP contribution in [0.5, 0.6) is 0 Å². The summed E-state index contributed by atoms with van der Waals surface area (Å²) in [4.78, 5) is 36.5. The van der Waals surface area contributed by atoms with Crippen molar-refractivity contribution in [3.05, 3.63) is 35.4 Å². The van der Waals surface area contributed by atoms with Crippen LogP contribution in [-0.4, -0.2) is 45.0 Å². The summed E-state index contributed by atoms with van der Waals surface area (Å²) in [5.74, 6) is -1.19. The molecule has 1 aliphatic rings. The molecule has 1 saturated carbocycles. The molecule has 8 nitrogen and oxygen atoms in total. The number of Topliss-reactive ketones (excluding diaryl/α,β-unsaturated/α-hetero) is 1. The van der Waals surface area contributed by atoms with E-state index in [2.05, 4.69) is 5.32 Å². The lowest BCUT2D eigenvalue weighted by molar-refractivity contribution is -0.145. The maximum absolute atomic E-state index is 12.6. The number of benzene rings is 1. The van der Waals surface area contributed by atoms with Crippen LogP contribution in [-0.2, 0) is 34.1 Å². The predicted molar refractivity (Wildman–Crippen MR) is 102 cm³/mol. The Bertz CT molecular complexity index is 754. The Morgan fingerprint density at radius 1 is 1.18 bits per heavy atom. The van der Waals surface area contributed by atoms with Gasteiger partial charge in [-0.2, -0.15) is 0 Å². The monoisotopic (exact) mass is 411 g/mol. The number of amides is 1. The maximum atomic E-state index is 12.6. The third-order valence-corrected chi connectivity index (χ3v) is 6.75. The van der Waals surface area contributed by atoms with Crippen molar-refractivity contribution in [1.29, 1.82) is 0 Å². The van der Waals surface area contributed by atoms with Crippen molar-refractivity contribution in [3.8, 4) is 0 Å². The lowest BCUT2D eigenvalue weighted by atomic mass is 9.83. The van der Waals surface area contributed by atoms with Crippen LogP contribution >= 0.6 is 7.60 Å². The first-order valence-electron chi connectivity index (χ1n) is 9.01. The van der Waals surface area contributed by atoms with E-state index in [1.165, 1.54) is 21.3 Å². The second-order valence-corrected chi connectivity index (χ2v) is 8.97. The second kappa shape index (κ2) is 9.96. The lowest BCUT2D eigenvalue weighted by Crippen LogP contribution is -2.48. The smallest absolute Gasteiger partial charge is 0.334 e. The number of ether oxygens (including phenoxy) is 1. The zero-order chi connectivity index (χ0) is 20.7. The number of methoxy groups -OCH3 is 1. The number of carbonyl (C=O) groups excluding carboxylic acids is 3. The maximum Gasteiger partial charge on any atom is 0.334 e. The molecule has 0 radical (unpaired) electrons. The van der Waals surface area contributed by atoms with Gasteiger partial charge in [0.2, 0.25) is 0 Å². The van der Waals surface area contributed by atoms with Gasteiger partial charge >= 0.3 is 13.6 Å². The Morgan fingerprint density at radius 3 is 2.36 bits per heavy atom. The standard InChI is InChI=1S/C19H26NO7P/c1-25-19(23)17(15-5-4-6-16(21)11-15)20-18(22)14-9-7-13(8-10-14)12-28(24,26-2)27-3/h7-10,15,17H,4-6,11-12H2,1-3H3,(H,20,22)/t15-,17-/m0/s1. The summed E-state index contributed by atoms with van der Waals surface area (Å²) in [7, 11) is 0.684. The molecule has 1 aliphatic carbocycles. The molecule has 0 unspecified atom stereocenters. The van der Waals surface area contributed by atoms with E-state index in [4.69, 9.17) is 13.8 Å². The van der Waals surface area contributed by atoms with Crippen LogP contribution in [0.15, 0.2) is 24.3 Å². The van der Waals surface area contributed by atoms with E-state index < -0.39 is 25.5 Å². The molecule has 1 amide bonds. The Labute approximate surface area is 164 Å². The molecular formula is C19H26NO7P. The molecule has 0 bridgehead atoms. The minimum absolute atomic E-state index is 0.0802. The first-order chi connectivity index (χ1) is 13.3. The Balaban J connectivity index is 2.09. The summed E-state index contributed by atoms with van der Waals surface area (Å²) < 4.78 is 26.8. The first kappa shape index (κ1) is 22.3. The highest BCUT2D eigenvalue weighted by atomic mass is 31.2. The molecule has 9 heteroatoms. The van der Waals surface area contributed by atoms with Gasteiger partial charge in [0.15, 0.2) is 0 Å². The van der Waals surface area contributed by atoms with Crippen LogP contribution in [0.4, 0.5) is 0 Å². The van der Waals surface area contributed by atoms with Gasteiger partial charge < -0.3 is 19.1 Å². The highest BCUT2D eigenvalue weighted by Gasteiger charge is 2.34. The van der Waals surface area contributed by atoms with Gasteiger partial charge in [0.1, 0.15) is 11.8 Å². The molecule has 0 aromatic heterocycles. The van der Waals surface area contributed by atoms with E-state index in [0.717, 1.165) is 0 Å². The van der Waals surface area contributed by atoms with E-state index in [1.807, 2.05) is 0 Å². The first-order valence-corrected chi connectivity index (χ1v) is 10.7. The fraction of sp³-hybridized carbons (Fsp3) is 0.526. The van der Waals surface area contributed by atoms with Crippen molar-refractivity contribution in [3.63, 3.8) is 0 Å². The molecule has 0 spiro atoms. The quantitative estimate of drug-likeness (QED) is 0.518. The van der Waals surface area contributed by atoms with Gasteiger partial charge in [0.05, 0.1) is 13.3 Å². The van der Waals surface area contributed by atoms with Gasteiger partial charge in [-0.25, -0.2) is 4.79 Å². The van der Waals surface area contributed by atoms with Gasteiger partial charge in [-0.15, -0.1) is 0 Å².